The summed E-state index contributed by atoms with van der Waals surface area (Å²) in [5, 5.41) is 1.33. The van der Waals surface area contributed by atoms with Gasteiger partial charge in [-0.15, -0.1) is 0 Å². The van der Waals surface area contributed by atoms with Gasteiger partial charge in [-0.3, -0.25) is 4.79 Å². The molecule has 3 aromatic carbocycles. The van der Waals surface area contributed by atoms with E-state index in [2.05, 4.69) is 4.98 Å². The molecule has 1 heterocycles. The Morgan fingerprint density at radius 3 is 2.33 bits per heavy atom. The number of hydrogen-bond acceptors (Lipinski definition) is 3. The van der Waals surface area contributed by atoms with Gasteiger partial charge in [0.15, 0.2) is 0 Å². The van der Waals surface area contributed by atoms with Crippen molar-refractivity contribution < 1.29 is 8.42 Å². The van der Waals surface area contributed by atoms with Crippen LogP contribution in [-0.2, 0) is 23.0 Å². The van der Waals surface area contributed by atoms with Crippen molar-refractivity contribution in [2.45, 2.75) is 31.7 Å². The largest absolute Gasteiger partial charge is 0.321 e. The number of rotatable bonds is 7. The van der Waals surface area contributed by atoms with Gasteiger partial charge in [-0.2, -0.15) is 4.31 Å². The molecule has 0 unspecified atom stereocenters. The third-order valence-corrected chi connectivity index (χ3v) is 8.03. The minimum Gasteiger partial charge on any atom is -0.321 e. The highest BCUT2D eigenvalue weighted by molar-refractivity contribution is 7.89. The summed E-state index contributed by atoms with van der Waals surface area (Å²) >= 11 is 5.96. The number of halogens is 1. The number of fused-ring (bicyclic) bond motifs is 1. The van der Waals surface area contributed by atoms with Crippen molar-refractivity contribution in [1.29, 1.82) is 0 Å². The fourth-order valence-corrected chi connectivity index (χ4v) is 5.36. The lowest BCUT2D eigenvalue weighted by Gasteiger charge is -2.22. The van der Waals surface area contributed by atoms with Crippen LogP contribution in [0.2, 0.25) is 5.02 Å². The molecule has 170 valence electrons. The lowest BCUT2D eigenvalue weighted by molar-refractivity contribution is 0.408. The van der Waals surface area contributed by atoms with E-state index in [1.165, 1.54) is 16.4 Å². The molecule has 0 fully saturated rings. The first-order valence-corrected chi connectivity index (χ1v) is 12.5. The van der Waals surface area contributed by atoms with Crippen LogP contribution in [0.25, 0.3) is 10.9 Å². The number of aryl methyl sites for hydroxylation is 2. The Morgan fingerprint density at radius 2 is 1.64 bits per heavy atom. The van der Waals surface area contributed by atoms with Crippen LogP contribution >= 0.6 is 11.6 Å². The summed E-state index contributed by atoms with van der Waals surface area (Å²) in [5.41, 5.74) is 4.00. The summed E-state index contributed by atoms with van der Waals surface area (Å²) in [4.78, 5) is 16.0. The molecule has 0 saturated heterocycles. The monoisotopic (exact) mass is 480 g/mol. The Labute approximate surface area is 198 Å². The standard InChI is InChI=1S/C26H25ClN2O3S/c1-18-8-9-21-16-22(26(30)28-25(21)19(18)2)17-29(15-14-20-6-4-3-5-7-20)33(31,32)24-12-10-23(27)11-13-24/h3-13,16H,14-15,17H2,1-2H3,(H,28,30). The zero-order valence-electron chi connectivity index (χ0n) is 18.5. The fraction of sp³-hybridized carbons (Fsp3) is 0.192. The molecule has 33 heavy (non-hydrogen) atoms. The molecule has 1 N–H and O–H groups in total. The number of H-pyrrole nitrogens is 1. The summed E-state index contributed by atoms with van der Waals surface area (Å²) in [5.74, 6) is 0. The summed E-state index contributed by atoms with van der Waals surface area (Å²) in [6.07, 6.45) is 0.525. The van der Waals surface area contributed by atoms with Crippen LogP contribution in [0.5, 0.6) is 0 Å². The van der Waals surface area contributed by atoms with Crippen molar-refractivity contribution in [3.63, 3.8) is 0 Å². The second kappa shape index (κ2) is 9.51. The van der Waals surface area contributed by atoms with Crippen molar-refractivity contribution in [1.82, 2.24) is 9.29 Å². The molecule has 0 aliphatic rings. The maximum absolute atomic E-state index is 13.5. The number of hydrogen-bond donors (Lipinski definition) is 1. The molecule has 0 saturated carbocycles. The number of benzene rings is 3. The van der Waals surface area contributed by atoms with Crippen LogP contribution in [0.4, 0.5) is 0 Å². The third-order valence-electron chi connectivity index (χ3n) is 5.92. The number of nitrogens with zero attached hydrogens (tertiary/aromatic N) is 1. The molecule has 1 aromatic heterocycles. The summed E-state index contributed by atoms with van der Waals surface area (Å²) in [6.45, 7) is 4.16. The molecular formula is C26H25ClN2O3S. The van der Waals surface area contributed by atoms with E-state index in [0.29, 0.717) is 17.0 Å². The zero-order valence-corrected chi connectivity index (χ0v) is 20.1. The van der Waals surface area contributed by atoms with Gasteiger partial charge in [0.1, 0.15) is 0 Å². The van der Waals surface area contributed by atoms with E-state index < -0.39 is 10.0 Å². The average Bonchev–Trinajstić information content (AvgIpc) is 2.81. The lowest BCUT2D eigenvalue weighted by Crippen LogP contribution is -2.34. The highest BCUT2D eigenvalue weighted by atomic mass is 35.5. The van der Waals surface area contributed by atoms with E-state index in [9.17, 15) is 13.2 Å². The van der Waals surface area contributed by atoms with Crippen molar-refractivity contribution >= 4 is 32.5 Å². The molecule has 0 bridgehead atoms. The van der Waals surface area contributed by atoms with Crippen molar-refractivity contribution in [3.8, 4) is 0 Å². The van der Waals surface area contributed by atoms with Crippen molar-refractivity contribution in [3.05, 3.63) is 110 Å². The maximum atomic E-state index is 13.5. The molecule has 4 rings (SSSR count). The van der Waals surface area contributed by atoms with Gasteiger partial charge in [0.05, 0.1) is 10.4 Å². The van der Waals surface area contributed by atoms with Gasteiger partial charge in [0.25, 0.3) is 5.56 Å². The number of aromatic amines is 1. The summed E-state index contributed by atoms with van der Waals surface area (Å²) < 4.78 is 28.4. The molecule has 5 nitrogen and oxygen atoms in total. The lowest BCUT2D eigenvalue weighted by atomic mass is 10.0. The first kappa shape index (κ1) is 23.2. The van der Waals surface area contributed by atoms with E-state index in [-0.39, 0.29) is 23.5 Å². The van der Waals surface area contributed by atoms with Crippen molar-refractivity contribution in [2.24, 2.45) is 0 Å². The second-order valence-corrected chi connectivity index (χ2v) is 10.5. The van der Waals surface area contributed by atoms with E-state index in [0.717, 1.165) is 27.6 Å². The Balaban J connectivity index is 1.73. The van der Waals surface area contributed by atoms with Gasteiger partial charge in [-0.05, 0) is 72.7 Å². The van der Waals surface area contributed by atoms with Gasteiger partial charge in [-0.1, -0.05) is 54.1 Å². The third kappa shape index (κ3) is 5.03. The van der Waals surface area contributed by atoms with Crippen LogP contribution in [0.15, 0.2) is 82.5 Å². The van der Waals surface area contributed by atoms with Crippen molar-refractivity contribution in [2.75, 3.05) is 6.54 Å². The fourth-order valence-electron chi connectivity index (χ4n) is 3.82. The number of sulfonamides is 1. The van der Waals surface area contributed by atoms with E-state index >= 15 is 0 Å². The van der Waals surface area contributed by atoms with Crippen LogP contribution in [-0.4, -0.2) is 24.3 Å². The topological polar surface area (TPSA) is 70.2 Å². The molecule has 0 aliphatic heterocycles. The first-order valence-electron chi connectivity index (χ1n) is 10.7. The molecular weight excluding hydrogens is 456 g/mol. The number of pyridine rings is 1. The maximum Gasteiger partial charge on any atom is 0.252 e. The smallest absolute Gasteiger partial charge is 0.252 e. The van der Waals surface area contributed by atoms with Gasteiger partial charge < -0.3 is 4.98 Å². The van der Waals surface area contributed by atoms with E-state index in [1.807, 2.05) is 56.3 Å². The summed E-state index contributed by atoms with van der Waals surface area (Å²) in [6, 6.07) is 21.5. The average molecular weight is 481 g/mol. The predicted molar refractivity (Wildman–Crippen MR) is 133 cm³/mol. The molecule has 0 amide bonds. The zero-order chi connectivity index (χ0) is 23.6. The van der Waals surface area contributed by atoms with Gasteiger partial charge in [0, 0.05) is 23.7 Å². The van der Waals surface area contributed by atoms with E-state index in [1.54, 1.807) is 18.2 Å². The van der Waals surface area contributed by atoms with Gasteiger partial charge >= 0.3 is 0 Å². The molecule has 0 spiro atoms. The first-order chi connectivity index (χ1) is 15.8. The van der Waals surface area contributed by atoms with Crippen LogP contribution in [0, 0.1) is 13.8 Å². The van der Waals surface area contributed by atoms with E-state index in [4.69, 9.17) is 11.6 Å². The SMILES string of the molecule is Cc1ccc2cc(CN(CCc3ccccc3)S(=O)(=O)c3ccc(Cl)cc3)c(=O)[nH]c2c1C. The molecule has 7 heteroatoms. The Bertz CT molecular complexity index is 1450. The Morgan fingerprint density at radius 1 is 0.939 bits per heavy atom. The predicted octanol–water partition coefficient (Wildman–Crippen LogP) is 5.23. The number of aromatic nitrogens is 1. The molecule has 0 aliphatic carbocycles. The molecule has 0 radical (unpaired) electrons. The van der Waals surface area contributed by atoms with Gasteiger partial charge in [-0.25, -0.2) is 8.42 Å². The normalized spacial score (nSPS) is 11.9. The minimum absolute atomic E-state index is 0.0318. The Kier molecular flexibility index (Phi) is 6.70. The minimum atomic E-state index is -3.85. The van der Waals surface area contributed by atoms with Crippen LogP contribution < -0.4 is 5.56 Å². The quantitative estimate of drug-likeness (QED) is 0.393. The second-order valence-electron chi connectivity index (χ2n) is 8.12. The Hall–Kier alpha value is -2.93. The molecule has 4 aromatic rings. The summed E-state index contributed by atoms with van der Waals surface area (Å²) in [7, 11) is -3.85. The number of nitrogens with one attached hydrogen (secondary N) is 1. The highest BCUT2D eigenvalue weighted by Gasteiger charge is 2.25. The van der Waals surface area contributed by atoms with Crippen LogP contribution in [0.1, 0.15) is 22.3 Å². The molecule has 0 atom stereocenters. The van der Waals surface area contributed by atoms with Gasteiger partial charge in [0.2, 0.25) is 10.0 Å². The highest BCUT2D eigenvalue weighted by Crippen LogP contribution is 2.23. The van der Waals surface area contributed by atoms with Crippen LogP contribution in [0.3, 0.4) is 0 Å².